The highest BCUT2D eigenvalue weighted by Crippen LogP contribution is 2.45. The second-order valence-electron chi connectivity index (χ2n) is 9.92. The number of aryl methyl sites for hydroxylation is 3. The van der Waals surface area contributed by atoms with Crippen LogP contribution in [-0.4, -0.2) is 41.9 Å². The van der Waals surface area contributed by atoms with Gasteiger partial charge >= 0.3 is 0 Å². The molecule has 0 aliphatic heterocycles. The maximum atomic E-state index is 12.3. The number of benzene rings is 4. The van der Waals surface area contributed by atoms with Crippen LogP contribution >= 0.6 is 11.3 Å². The summed E-state index contributed by atoms with van der Waals surface area (Å²) in [5.74, 6) is -1.46. The number of rotatable bonds is 6. The Morgan fingerprint density at radius 3 is 2.26 bits per heavy atom. The number of nitrogens with one attached hydrogen (secondary N) is 1. The Morgan fingerprint density at radius 2 is 1.63 bits per heavy atom. The summed E-state index contributed by atoms with van der Waals surface area (Å²) >= 11 is 1.54. The van der Waals surface area contributed by atoms with Crippen LogP contribution in [0.5, 0.6) is 5.75 Å². The molecule has 1 heterocycles. The van der Waals surface area contributed by atoms with Gasteiger partial charge in [0.05, 0.1) is 26.5 Å². The SMILES string of the molecule is CC(=O)Nc1cc(S(=O)(=O)O)cc2cc(S(=O)(=O)O)c(N=Nc3ccc(-c4nc5c(C)cc(C)cc5s4)cc3C)c(O)c12. The number of carbonyl (C=O) groups is 1. The van der Waals surface area contributed by atoms with E-state index in [4.69, 9.17) is 4.98 Å². The first kappa shape index (κ1) is 30.2. The van der Waals surface area contributed by atoms with E-state index >= 15 is 0 Å². The third-order valence-electron chi connectivity index (χ3n) is 6.54. The minimum atomic E-state index is -5.03. The summed E-state index contributed by atoms with van der Waals surface area (Å²) < 4.78 is 68.7. The molecule has 0 bridgehead atoms. The van der Waals surface area contributed by atoms with Crippen LogP contribution in [0.4, 0.5) is 17.1 Å². The third kappa shape index (κ3) is 5.98. The van der Waals surface area contributed by atoms with Crippen LogP contribution in [0.25, 0.3) is 31.6 Å². The Kier molecular flexibility index (Phi) is 7.56. The Bertz CT molecular complexity index is 2240. The van der Waals surface area contributed by atoms with E-state index in [0.717, 1.165) is 57.0 Å². The molecule has 15 heteroatoms. The molecule has 0 spiro atoms. The van der Waals surface area contributed by atoms with Crippen molar-refractivity contribution in [3.63, 3.8) is 0 Å². The highest BCUT2D eigenvalue weighted by molar-refractivity contribution is 7.86. The van der Waals surface area contributed by atoms with E-state index in [1.54, 1.807) is 30.4 Å². The van der Waals surface area contributed by atoms with Crippen molar-refractivity contribution in [3.05, 3.63) is 65.2 Å². The van der Waals surface area contributed by atoms with Crippen LogP contribution in [0, 0.1) is 20.8 Å². The molecule has 0 saturated carbocycles. The number of carbonyl (C=O) groups excluding carboxylic acids is 1. The number of fused-ring (bicyclic) bond motifs is 2. The zero-order valence-electron chi connectivity index (χ0n) is 23.1. The zero-order chi connectivity index (χ0) is 31.4. The van der Waals surface area contributed by atoms with Crippen LogP contribution in [0.15, 0.2) is 68.6 Å². The number of hydrogen-bond acceptors (Lipinski definition) is 10. The highest BCUT2D eigenvalue weighted by atomic mass is 32.2. The lowest BCUT2D eigenvalue weighted by atomic mass is 10.1. The summed E-state index contributed by atoms with van der Waals surface area (Å²) in [6.45, 7) is 6.91. The Labute approximate surface area is 250 Å². The van der Waals surface area contributed by atoms with Gasteiger partial charge in [0.25, 0.3) is 20.2 Å². The summed E-state index contributed by atoms with van der Waals surface area (Å²) in [7, 11) is -9.83. The summed E-state index contributed by atoms with van der Waals surface area (Å²) in [4.78, 5) is 15.0. The number of aromatic nitrogens is 1. The Balaban J connectivity index is 1.64. The van der Waals surface area contributed by atoms with E-state index in [2.05, 4.69) is 27.7 Å². The fourth-order valence-corrected chi connectivity index (χ4v) is 7.03. The molecule has 0 saturated heterocycles. The van der Waals surface area contributed by atoms with Gasteiger partial charge in [-0.05, 0) is 85.3 Å². The molecule has 5 rings (SSSR count). The predicted octanol–water partition coefficient (Wildman–Crippen LogP) is 6.61. The van der Waals surface area contributed by atoms with Crippen molar-refractivity contribution in [1.82, 2.24) is 4.98 Å². The van der Waals surface area contributed by atoms with E-state index in [1.807, 2.05) is 19.9 Å². The van der Waals surface area contributed by atoms with Gasteiger partial charge in [0.1, 0.15) is 15.6 Å². The zero-order valence-corrected chi connectivity index (χ0v) is 25.5. The maximum absolute atomic E-state index is 12.3. The van der Waals surface area contributed by atoms with Crippen LogP contribution in [0.3, 0.4) is 0 Å². The van der Waals surface area contributed by atoms with Crippen molar-refractivity contribution >= 4 is 75.5 Å². The van der Waals surface area contributed by atoms with Crippen molar-refractivity contribution < 1.29 is 35.8 Å². The molecule has 1 amide bonds. The first-order valence-corrected chi connectivity index (χ1v) is 16.2. The standard InChI is InChI=1S/C28H24N4O8S3/c1-13-7-15(3)25-22(8-13)41-28(30-25)17-5-6-20(14(2)9-17)31-32-26-23(43(38,39)40)11-18-10-19(42(35,36)37)12-21(29-16(4)33)24(18)27(26)34/h5-12,34H,1-4H3,(H,29,33)(H,35,36,37)(H,38,39,40). The lowest BCUT2D eigenvalue weighted by Gasteiger charge is -2.14. The lowest BCUT2D eigenvalue weighted by molar-refractivity contribution is -0.114. The summed E-state index contributed by atoms with van der Waals surface area (Å²) in [6, 6.07) is 12.0. The molecule has 43 heavy (non-hydrogen) atoms. The average molecular weight is 641 g/mol. The molecule has 0 atom stereocenters. The number of hydrogen-bond donors (Lipinski definition) is 4. The van der Waals surface area contributed by atoms with Crippen molar-refractivity contribution in [3.8, 4) is 16.3 Å². The number of aromatic hydroxyl groups is 1. The molecule has 5 aromatic rings. The van der Waals surface area contributed by atoms with Gasteiger partial charge in [0.15, 0.2) is 5.75 Å². The van der Waals surface area contributed by atoms with Crippen LogP contribution < -0.4 is 5.32 Å². The van der Waals surface area contributed by atoms with E-state index in [9.17, 15) is 35.8 Å². The normalized spacial score (nSPS) is 12.4. The minimum absolute atomic E-state index is 0.197. The lowest BCUT2D eigenvalue weighted by Crippen LogP contribution is -2.08. The van der Waals surface area contributed by atoms with Gasteiger partial charge in [-0.15, -0.1) is 16.5 Å². The molecular weight excluding hydrogens is 617 g/mol. The fraction of sp³-hybridized carbons (Fsp3) is 0.143. The summed E-state index contributed by atoms with van der Waals surface area (Å²) in [5, 5.41) is 21.9. The molecule has 222 valence electrons. The van der Waals surface area contributed by atoms with Gasteiger partial charge in [-0.2, -0.15) is 21.9 Å². The van der Waals surface area contributed by atoms with Gasteiger partial charge in [-0.3, -0.25) is 13.9 Å². The minimum Gasteiger partial charge on any atom is -0.505 e. The second kappa shape index (κ2) is 10.8. The van der Waals surface area contributed by atoms with Crippen molar-refractivity contribution in [2.75, 3.05) is 5.32 Å². The predicted molar refractivity (Wildman–Crippen MR) is 163 cm³/mol. The number of nitrogens with zero attached hydrogens (tertiary/aromatic N) is 3. The monoisotopic (exact) mass is 640 g/mol. The molecule has 0 unspecified atom stereocenters. The number of anilines is 1. The number of phenolic OH excluding ortho intramolecular Hbond substituents is 1. The molecule has 4 N–H and O–H groups in total. The maximum Gasteiger partial charge on any atom is 0.296 e. The molecule has 0 fully saturated rings. The third-order valence-corrected chi connectivity index (χ3v) is 9.29. The Morgan fingerprint density at radius 1 is 0.907 bits per heavy atom. The second-order valence-corrected chi connectivity index (χ2v) is 13.8. The van der Waals surface area contributed by atoms with Gasteiger partial charge in [-0.25, -0.2) is 4.98 Å². The number of phenols is 1. The van der Waals surface area contributed by atoms with E-state index in [0.29, 0.717) is 11.3 Å². The molecule has 1 aromatic heterocycles. The van der Waals surface area contributed by atoms with E-state index in [-0.39, 0.29) is 16.5 Å². The Hall–Kier alpha value is -4.28. The van der Waals surface area contributed by atoms with Gasteiger partial charge in [0.2, 0.25) is 5.91 Å². The first-order valence-electron chi connectivity index (χ1n) is 12.5. The molecule has 0 aliphatic rings. The van der Waals surface area contributed by atoms with Crippen molar-refractivity contribution in [2.45, 2.75) is 37.5 Å². The molecule has 0 aliphatic carbocycles. The average Bonchev–Trinajstić information content (AvgIpc) is 3.31. The molecule has 4 aromatic carbocycles. The van der Waals surface area contributed by atoms with Gasteiger partial charge in [0, 0.05) is 17.9 Å². The van der Waals surface area contributed by atoms with E-state index in [1.165, 1.54) is 0 Å². The van der Waals surface area contributed by atoms with E-state index < -0.39 is 47.4 Å². The topological polar surface area (TPSA) is 196 Å². The van der Waals surface area contributed by atoms with Crippen molar-refractivity contribution in [1.29, 1.82) is 0 Å². The number of azo groups is 1. The molecule has 0 radical (unpaired) electrons. The fourth-order valence-electron chi connectivity index (χ4n) is 4.69. The van der Waals surface area contributed by atoms with Gasteiger partial charge in [-0.1, -0.05) is 6.07 Å². The first-order chi connectivity index (χ1) is 20.0. The van der Waals surface area contributed by atoms with Crippen LogP contribution in [-0.2, 0) is 25.0 Å². The van der Waals surface area contributed by atoms with Gasteiger partial charge < -0.3 is 10.4 Å². The van der Waals surface area contributed by atoms with Crippen LogP contribution in [0.1, 0.15) is 23.6 Å². The summed E-state index contributed by atoms with van der Waals surface area (Å²) in [6.07, 6.45) is 0. The largest absolute Gasteiger partial charge is 0.505 e. The van der Waals surface area contributed by atoms with Crippen molar-refractivity contribution in [2.24, 2.45) is 10.2 Å². The number of amides is 1. The highest BCUT2D eigenvalue weighted by Gasteiger charge is 2.26. The smallest absolute Gasteiger partial charge is 0.296 e. The molecule has 12 nitrogen and oxygen atoms in total. The molecular formula is C28H24N4O8S3. The summed E-state index contributed by atoms with van der Waals surface area (Å²) in [5.41, 5.74) is 4.02. The van der Waals surface area contributed by atoms with Crippen LogP contribution in [0.2, 0.25) is 0 Å². The number of thiazole rings is 1. The quantitative estimate of drug-likeness (QED) is 0.116.